The lowest BCUT2D eigenvalue weighted by molar-refractivity contribution is 0.252. The first kappa shape index (κ1) is 15.4. The molecule has 7 nitrogen and oxygen atoms in total. The highest BCUT2D eigenvalue weighted by atomic mass is 16.2. The van der Waals surface area contributed by atoms with Crippen LogP contribution >= 0.6 is 0 Å². The fourth-order valence-corrected chi connectivity index (χ4v) is 3.14. The number of carbonyl (C=O) groups excluding carboxylic acids is 1. The van der Waals surface area contributed by atoms with Gasteiger partial charge in [0.05, 0.1) is 5.39 Å². The number of aromatic nitrogens is 3. The van der Waals surface area contributed by atoms with Crippen LogP contribution in [0.25, 0.3) is 11.0 Å². The van der Waals surface area contributed by atoms with Gasteiger partial charge in [-0.15, -0.1) is 0 Å². The molecule has 0 aliphatic carbocycles. The zero-order chi connectivity index (χ0) is 17.2. The van der Waals surface area contributed by atoms with Crippen molar-refractivity contribution < 1.29 is 4.79 Å². The summed E-state index contributed by atoms with van der Waals surface area (Å²) in [6.07, 6.45) is 4.48. The molecule has 2 aromatic heterocycles. The van der Waals surface area contributed by atoms with E-state index in [4.69, 9.17) is 0 Å². The molecular formula is C18H20N6O. The molecule has 128 valence electrons. The highest BCUT2D eigenvalue weighted by Crippen LogP contribution is 2.24. The lowest BCUT2D eigenvalue weighted by Crippen LogP contribution is -2.27. The molecule has 3 N–H and O–H groups in total. The van der Waals surface area contributed by atoms with E-state index in [0.29, 0.717) is 19.6 Å². The van der Waals surface area contributed by atoms with Gasteiger partial charge >= 0.3 is 6.03 Å². The van der Waals surface area contributed by atoms with Gasteiger partial charge in [-0.3, -0.25) is 4.90 Å². The number of fused-ring (bicyclic) bond motifs is 1. The van der Waals surface area contributed by atoms with E-state index in [1.807, 2.05) is 30.5 Å². The minimum absolute atomic E-state index is 0.0335. The summed E-state index contributed by atoms with van der Waals surface area (Å²) in [5.74, 6) is 0.839. The van der Waals surface area contributed by atoms with E-state index in [0.717, 1.165) is 34.5 Å². The number of nitrogens with zero attached hydrogens (tertiary/aromatic N) is 3. The first-order chi connectivity index (χ1) is 12.3. The molecule has 3 aromatic rings. The average Bonchev–Trinajstić information content (AvgIpc) is 3.26. The number of nitrogens with one attached hydrogen (secondary N) is 3. The number of aromatic amines is 1. The van der Waals surface area contributed by atoms with E-state index in [1.165, 1.54) is 5.56 Å². The predicted octanol–water partition coefficient (Wildman–Crippen LogP) is 2.66. The zero-order valence-electron chi connectivity index (χ0n) is 14.0. The molecule has 2 amide bonds. The normalized spacial score (nSPS) is 14.1. The van der Waals surface area contributed by atoms with E-state index < -0.39 is 0 Å². The monoisotopic (exact) mass is 336 g/mol. The molecule has 1 aromatic carbocycles. The van der Waals surface area contributed by atoms with Crippen LogP contribution in [0.5, 0.6) is 0 Å². The summed E-state index contributed by atoms with van der Waals surface area (Å²) in [5, 5.41) is 7.26. The van der Waals surface area contributed by atoms with Crippen LogP contribution in [0.4, 0.5) is 16.3 Å². The Morgan fingerprint density at radius 2 is 2.08 bits per heavy atom. The van der Waals surface area contributed by atoms with Gasteiger partial charge in [-0.05, 0) is 29.7 Å². The van der Waals surface area contributed by atoms with E-state index in [-0.39, 0.29) is 6.03 Å². The molecule has 1 aliphatic rings. The number of aryl methyl sites for hydroxylation is 1. The number of benzene rings is 1. The molecule has 4 rings (SSSR count). The van der Waals surface area contributed by atoms with E-state index >= 15 is 0 Å². The third-order valence-electron chi connectivity index (χ3n) is 4.50. The Kier molecular flexibility index (Phi) is 3.97. The smallest absolute Gasteiger partial charge is 0.321 e. The van der Waals surface area contributed by atoms with Crippen molar-refractivity contribution in [1.29, 1.82) is 0 Å². The van der Waals surface area contributed by atoms with Gasteiger partial charge in [0.15, 0.2) is 0 Å². The Morgan fingerprint density at radius 3 is 2.80 bits per heavy atom. The number of carbonyl (C=O) groups is 1. The molecule has 1 aliphatic heterocycles. The third kappa shape index (κ3) is 2.88. The number of H-pyrrole nitrogens is 1. The third-order valence-corrected chi connectivity index (χ3v) is 4.50. The zero-order valence-corrected chi connectivity index (χ0v) is 14.0. The van der Waals surface area contributed by atoms with E-state index in [2.05, 4.69) is 32.5 Å². The van der Waals surface area contributed by atoms with Gasteiger partial charge in [0.1, 0.15) is 17.8 Å². The van der Waals surface area contributed by atoms with Crippen molar-refractivity contribution in [3.63, 3.8) is 0 Å². The number of hydrogen-bond donors (Lipinski definition) is 3. The van der Waals surface area contributed by atoms with E-state index in [1.54, 1.807) is 11.2 Å². The maximum Gasteiger partial charge on any atom is 0.321 e. The lowest BCUT2D eigenvalue weighted by atomic mass is 10.1. The largest absolute Gasteiger partial charge is 0.365 e. The predicted molar refractivity (Wildman–Crippen MR) is 97.8 cm³/mol. The second-order valence-corrected chi connectivity index (χ2v) is 6.02. The highest BCUT2D eigenvalue weighted by Gasteiger charge is 2.20. The first-order valence-electron chi connectivity index (χ1n) is 8.45. The van der Waals surface area contributed by atoms with E-state index in [9.17, 15) is 4.79 Å². The molecule has 25 heavy (non-hydrogen) atoms. The molecule has 1 fully saturated rings. The summed E-state index contributed by atoms with van der Waals surface area (Å²) in [7, 11) is 0. The Labute approximate surface area is 145 Å². The van der Waals surface area contributed by atoms with Crippen molar-refractivity contribution in [1.82, 2.24) is 20.3 Å². The van der Waals surface area contributed by atoms with Crippen molar-refractivity contribution in [3.8, 4) is 0 Å². The molecule has 0 unspecified atom stereocenters. The number of amides is 2. The Hall–Kier alpha value is -3.09. The van der Waals surface area contributed by atoms with Crippen LogP contribution < -0.4 is 15.5 Å². The Balaban J connectivity index is 1.50. The number of anilines is 2. The number of hydrogen-bond acceptors (Lipinski definition) is 4. The molecule has 0 radical (unpaired) electrons. The maximum atomic E-state index is 11.7. The van der Waals surface area contributed by atoms with Gasteiger partial charge in [0.25, 0.3) is 0 Å². The molecule has 0 atom stereocenters. The lowest BCUT2D eigenvalue weighted by Gasteiger charge is -2.15. The first-order valence-corrected chi connectivity index (χ1v) is 8.45. The number of rotatable bonds is 5. The molecule has 0 saturated carbocycles. The van der Waals surface area contributed by atoms with Gasteiger partial charge in [0, 0.05) is 31.5 Å². The second-order valence-electron chi connectivity index (χ2n) is 6.02. The molecule has 7 heteroatoms. The van der Waals surface area contributed by atoms with Crippen LogP contribution in [0.15, 0.2) is 36.8 Å². The Bertz CT molecular complexity index is 902. The average molecular weight is 336 g/mol. The summed E-state index contributed by atoms with van der Waals surface area (Å²) >= 11 is 0. The molecular weight excluding hydrogens is 316 g/mol. The van der Waals surface area contributed by atoms with Crippen LogP contribution in [0, 0.1) is 0 Å². The standard InChI is InChI=1S/C18H20N6O/c1-2-13-10-21-17-15(13)16(22-11-23-17)20-9-12-3-5-14(6-4-12)24-8-7-19-18(24)25/h3-6,10-11H,2,7-9H2,1H3,(H,19,25)(H2,20,21,22,23). The molecule has 3 heterocycles. The van der Waals surface area contributed by atoms with Crippen molar-refractivity contribution in [2.75, 3.05) is 23.3 Å². The summed E-state index contributed by atoms with van der Waals surface area (Å²) < 4.78 is 0. The highest BCUT2D eigenvalue weighted by molar-refractivity contribution is 5.94. The van der Waals surface area contributed by atoms with Gasteiger partial charge in [-0.25, -0.2) is 14.8 Å². The SMILES string of the molecule is CCc1c[nH]c2ncnc(NCc3ccc(N4CCNC4=O)cc3)c12. The van der Waals surface area contributed by atoms with Gasteiger partial charge in [-0.2, -0.15) is 0 Å². The minimum Gasteiger partial charge on any atom is -0.365 e. The van der Waals surface area contributed by atoms with Crippen molar-refractivity contribution in [3.05, 3.63) is 47.9 Å². The quantitative estimate of drug-likeness (QED) is 0.668. The fraction of sp³-hybridized carbons (Fsp3) is 0.278. The van der Waals surface area contributed by atoms with Crippen molar-refractivity contribution in [2.45, 2.75) is 19.9 Å². The summed E-state index contributed by atoms with van der Waals surface area (Å²) in [5.41, 5.74) is 4.10. The molecule has 0 spiro atoms. The maximum absolute atomic E-state index is 11.7. The van der Waals surface area contributed by atoms with Gasteiger partial charge < -0.3 is 15.6 Å². The van der Waals surface area contributed by atoms with Crippen molar-refractivity contribution >= 4 is 28.6 Å². The van der Waals surface area contributed by atoms with Crippen LogP contribution in [-0.4, -0.2) is 34.1 Å². The Morgan fingerprint density at radius 1 is 1.24 bits per heavy atom. The summed E-state index contributed by atoms with van der Waals surface area (Å²) in [6, 6.07) is 7.99. The topological polar surface area (TPSA) is 85.9 Å². The van der Waals surface area contributed by atoms with Crippen LogP contribution in [0.3, 0.4) is 0 Å². The van der Waals surface area contributed by atoms with Crippen LogP contribution in [-0.2, 0) is 13.0 Å². The molecule has 1 saturated heterocycles. The minimum atomic E-state index is -0.0335. The number of urea groups is 1. The van der Waals surface area contributed by atoms with Crippen molar-refractivity contribution in [2.24, 2.45) is 0 Å². The fourth-order valence-electron chi connectivity index (χ4n) is 3.14. The van der Waals surface area contributed by atoms with Gasteiger partial charge in [-0.1, -0.05) is 19.1 Å². The van der Waals surface area contributed by atoms with Gasteiger partial charge in [0.2, 0.25) is 0 Å². The molecule has 0 bridgehead atoms. The van der Waals surface area contributed by atoms with Crippen LogP contribution in [0.2, 0.25) is 0 Å². The summed E-state index contributed by atoms with van der Waals surface area (Å²) in [6.45, 7) is 4.18. The summed E-state index contributed by atoms with van der Waals surface area (Å²) in [4.78, 5) is 25.3. The second kappa shape index (κ2) is 6.43. The van der Waals surface area contributed by atoms with Crippen LogP contribution in [0.1, 0.15) is 18.1 Å².